The number of ether oxygens (including phenoxy) is 1. The molecule has 0 spiro atoms. The van der Waals surface area contributed by atoms with E-state index in [0.717, 1.165) is 12.8 Å². The van der Waals surface area contributed by atoms with Gasteiger partial charge in [-0.2, -0.15) is 0 Å². The van der Waals surface area contributed by atoms with Gasteiger partial charge in [0.1, 0.15) is 17.2 Å². The molecule has 0 unspecified atom stereocenters. The van der Waals surface area contributed by atoms with Gasteiger partial charge in [0.05, 0.1) is 6.26 Å². The zero-order chi connectivity index (χ0) is 16.4. The summed E-state index contributed by atoms with van der Waals surface area (Å²) in [5.74, 6) is -0.0717. The lowest BCUT2D eigenvalue weighted by atomic mass is 10.2. The minimum Gasteiger partial charge on any atom is -0.466 e. The van der Waals surface area contributed by atoms with E-state index >= 15 is 0 Å². The molecule has 1 aliphatic carbocycles. The number of nitrogens with zero attached hydrogens (tertiary/aromatic N) is 1. The summed E-state index contributed by atoms with van der Waals surface area (Å²) < 4.78 is 10.4. The number of esters is 1. The molecule has 2 aliphatic rings. The predicted octanol–water partition coefficient (Wildman–Crippen LogP) is 1.06. The summed E-state index contributed by atoms with van der Waals surface area (Å²) in [6.07, 6.45) is 3.48. The second-order valence-corrected chi connectivity index (χ2v) is 6.71. The van der Waals surface area contributed by atoms with Gasteiger partial charge in [-0.05, 0) is 25.0 Å². The Hall–Kier alpha value is -1.96. The fourth-order valence-electron chi connectivity index (χ4n) is 2.45. The van der Waals surface area contributed by atoms with E-state index in [-0.39, 0.29) is 29.8 Å². The first-order valence-corrected chi connectivity index (χ1v) is 8.51. The average molecular weight is 338 g/mol. The SMILES string of the molecule is CC(=O)N1[C@@H](C(=O)OCC(=O)NC2CC2)CS[C@H]1c1ccco1. The van der Waals surface area contributed by atoms with Crippen LogP contribution in [0.3, 0.4) is 0 Å². The fraction of sp³-hybridized carbons (Fsp3) is 0.533. The first kappa shape index (κ1) is 15.9. The van der Waals surface area contributed by atoms with E-state index in [1.807, 2.05) is 0 Å². The van der Waals surface area contributed by atoms with Crippen LogP contribution in [-0.2, 0) is 19.1 Å². The molecule has 1 saturated carbocycles. The van der Waals surface area contributed by atoms with E-state index in [4.69, 9.17) is 9.15 Å². The number of thioether (sulfide) groups is 1. The van der Waals surface area contributed by atoms with Crippen LogP contribution in [0, 0.1) is 0 Å². The van der Waals surface area contributed by atoms with E-state index in [2.05, 4.69) is 5.32 Å². The minimum absolute atomic E-state index is 0.222. The van der Waals surface area contributed by atoms with Gasteiger partial charge < -0.3 is 19.4 Å². The third kappa shape index (κ3) is 3.69. The molecule has 2 amide bonds. The fourth-order valence-corrected chi connectivity index (χ4v) is 3.87. The molecular weight excluding hydrogens is 320 g/mol. The van der Waals surface area contributed by atoms with E-state index in [1.165, 1.54) is 29.8 Å². The van der Waals surface area contributed by atoms with Crippen LogP contribution in [0.1, 0.15) is 30.9 Å². The van der Waals surface area contributed by atoms with Gasteiger partial charge in [0.2, 0.25) is 5.91 Å². The van der Waals surface area contributed by atoms with Crippen molar-refractivity contribution in [3.05, 3.63) is 24.2 Å². The van der Waals surface area contributed by atoms with Gasteiger partial charge in [-0.3, -0.25) is 9.59 Å². The lowest BCUT2D eigenvalue weighted by Gasteiger charge is -2.25. The standard InChI is InChI=1S/C15H18N2O5S/c1-9(18)17-11(8-23-14(17)12-3-2-6-21-12)15(20)22-7-13(19)16-10-4-5-10/h2-3,6,10-11,14H,4-5,7-8H2,1H3,(H,16,19)/t11-,14+/m1/s1. The van der Waals surface area contributed by atoms with Crippen molar-refractivity contribution in [2.45, 2.75) is 37.2 Å². The highest BCUT2D eigenvalue weighted by molar-refractivity contribution is 7.99. The molecule has 124 valence electrons. The molecule has 1 aromatic rings. The van der Waals surface area contributed by atoms with E-state index in [9.17, 15) is 14.4 Å². The van der Waals surface area contributed by atoms with Crippen LogP contribution >= 0.6 is 11.8 Å². The van der Waals surface area contributed by atoms with Crippen LogP contribution in [0.4, 0.5) is 0 Å². The first-order chi connectivity index (χ1) is 11.1. The molecule has 0 bridgehead atoms. The van der Waals surface area contributed by atoms with Crippen LogP contribution in [0.25, 0.3) is 0 Å². The number of carbonyl (C=O) groups is 3. The van der Waals surface area contributed by atoms with Gasteiger partial charge in [0, 0.05) is 18.7 Å². The van der Waals surface area contributed by atoms with Gasteiger partial charge in [-0.25, -0.2) is 4.79 Å². The minimum atomic E-state index is -0.707. The number of hydrogen-bond acceptors (Lipinski definition) is 6. The van der Waals surface area contributed by atoms with Crippen LogP contribution in [0.5, 0.6) is 0 Å². The Kier molecular flexibility index (Phi) is 4.61. The van der Waals surface area contributed by atoms with Crippen molar-refractivity contribution in [1.29, 1.82) is 0 Å². The van der Waals surface area contributed by atoms with Crippen molar-refractivity contribution in [3.8, 4) is 0 Å². The molecule has 1 aliphatic heterocycles. The molecule has 8 heteroatoms. The summed E-state index contributed by atoms with van der Waals surface area (Å²) in [6, 6.07) is 3.02. The Morgan fingerprint density at radius 2 is 2.22 bits per heavy atom. The Bertz CT molecular complexity index is 599. The molecular formula is C15H18N2O5S. The quantitative estimate of drug-likeness (QED) is 0.808. The van der Waals surface area contributed by atoms with Gasteiger partial charge in [0.15, 0.2) is 6.61 Å². The number of carbonyl (C=O) groups excluding carboxylic acids is 3. The van der Waals surface area contributed by atoms with Crippen molar-refractivity contribution >= 4 is 29.5 Å². The second-order valence-electron chi connectivity index (χ2n) is 5.59. The third-order valence-electron chi connectivity index (χ3n) is 3.71. The number of rotatable bonds is 5. The molecule has 1 aromatic heterocycles. The van der Waals surface area contributed by atoms with Gasteiger partial charge in [0.25, 0.3) is 5.91 Å². The summed E-state index contributed by atoms with van der Waals surface area (Å²) in [4.78, 5) is 37.2. The molecule has 2 fully saturated rings. The molecule has 0 radical (unpaired) electrons. The van der Waals surface area contributed by atoms with Crippen molar-refractivity contribution in [1.82, 2.24) is 10.2 Å². The van der Waals surface area contributed by atoms with Crippen LogP contribution in [-0.4, -0.2) is 47.1 Å². The van der Waals surface area contributed by atoms with Crippen molar-refractivity contribution in [3.63, 3.8) is 0 Å². The highest BCUT2D eigenvalue weighted by Crippen LogP contribution is 2.41. The zero-order valence-corrected chi connectivity index (χ0v) is 13.5. The predicted molar refractivity (Wildman–Crippen MR) is 82.3 cm³/mol. The lowest BCUT2D eigenvalue weighted by Crippen LogP contribution is -2.43. The molecule has 3 rings (SSSR count). The number of hydrogen-bond donors (Lipinski definition) is 1. The normalized spacial score (nSPS) is 23.6. The molecule has 0 aromatic carbocycles. The largest absolute Gasteiger partial charge is 0.466 e. The van der Waals surface area contributed by atoms with E-state index < -0.39 is 12.0 Å². The molecule has 23 heavy (non-hydrogen) atoms. The Morgan fingerprint density at radius 1 is 1.43 bits per heavy atom. The van der Waals surface area contributed by atoms with Crippen LogP contribution in [0.2, 0.25) is 0 Å². The van der Waals surface area contributed by atoms with Crippen LogP contribution < -0.4 is 5.32 Å². The molecule has 1 N–H and O–H groups in total. The maximum atomic E-state index is 12.2. The van der Waals surface area contributed by atoms with Gasteiger partial charge >= 0.3 is 5.97 Å². The average Bonchev–Trinajstić information content (AvgIpc) is 3.03. The number of nitrogens with one attached hydrogen (secondary N) is 1. The maximum Gasteiger partial charge on any atom is 0.330 e. The summed E-state index contributed by atoms with van der Waals surface area (Å²) in [7, 11) is 0. The number of amides is 2. The van der Waals surface area contributed by atoms with Gasteiger partial charge in [-0.15, -0.1) is 11.8 Å². The van der Waals surface area contributed by atoms with Crippen molar-refractivity contribution < 1.29 is 23.5 Å². The summed E-state index contributed by atoms with van der Waals surface area (Å²) in [6.45, 7) is 1.09. The van der Waals surface area contributed by atoms with E-state index in [1.54, 1.807) is 12.1 Å². The number of furan rings is 1. The highest BCUT2D eigenvalue weighted by Gasteiger charge is 2.43. The van der Waals surface area contributed by atoms with Crippen molar-refractivity contribution in [2.75, 3.05) is 12.4 Å². The first-order valence-electron chi connectivity index (χ1n) is 7.46. The highest BCUT2D eigenvalue weighted by atomic mass is 32.2. The van der Waals surface area contributed by atoms with Crippen molar-refractivity contribution in [2.24, 2.45) is 0 Å². The maximum absolute atomic E-state index is 12.2. The van der Waals surface area contributed by atoms with E-state index in [0.29, 0.717) is 11.5 Å². The Morgan fingerprint density at radius 3 is 2.83 bits per heavy atom. The molecule has 2 heterocycles. The monoisotopic (exact) mass is 338 g/mol. The molecule has 2 atom stereocenters. The third-order valence-corrected chi connectivity index (χ3v) is 4.99. The van der Waals surface area contributed by atoms with Crippen LogP contribution in [0.15, 0.2) is 22.8 Å². The summed E-state index contributed by atoms with van der Waals surface area (Å²) >= 11 is 1.44. The summed E-state index contributed by atoms with van der Waals surface area (Å²) in [5.41, 5.74) is 0. The Labute approximate surface area is 137 Å². The topological polar surface area (TPSA) is 88.8 Å². The summed E-state index contributed by atoms with van der Waals surface area (Å²) in [5, 5.41) is 2.40. The molecule has 1 saturated heterocycles. The zero-order valence-electron chi connectivity index (χ0n) is 12.7. The second kappa shape index (κ2) is 6.66. The van der Waals surface area contributed by atoms with Gasteiger partial charge in [-0.1, -0.05) is 0 Å². The smallest absolute Gasteiger partial charge is 0.330 e. The molecule has 7 nitrogen and oxygen atoms in total. The Balaban J connectivity index is 1.60. The lowest BCUT2D eigenvalue weighted by molar-refractivity contribution is -0.156.